The third-order valence-corrected chi connectivity index (χ3v) is 6.46. The topological polar surface area (TPSA) is 46.6 Å². The summed E-state index contributed by atoms with van der Waals surface area (Å²) in [6, 6.07) is 33.1. The van der Waals surface area contributed by atoms with Gasteiger partial charge in [-0.25, -0.2) is 4.99 Å². The van der Waals surface area contributed by atoms with Crippen LogP contribution in [-0.4, -0.2) is 24.9 Å². The summed E-state index contributed by atoms with van der Waals surface area (Å²) in [4.78, 5) is 8.76. The van der Waals surface area contributed by atoms with Crippen LogP contribution in [0.1, 0.15) is 22.4 Å². The van der Waals surface area contributed by atoms with Crippen LogP contribution < -0.4 is 9.47 Å². The van der Waals surface area contributed by atoms with Crippen molar-refractivity contribution < 1.29 is 9.47 Å². The average Bonchev–Trinajstić information content (AvgIpc) is 3.48. The summed E-state index contributed by atoms with van der Waals surface area (Å²) in [7, 11) is 3.36. The van der Waals surface area contributed by atoms with E-state index >= 15 is 0 Å². The van der Waals surface area contributed by atoms with Gasteiger partial charge < -0.3 is 14.5 Å². The van der Waals surface area contributed by atoms with Gasteiger partial charge in [0.1, 0.15) is 11.5 Å². The van der Waals surface area contributed by atoms with Gasteiger partial charge >= 0.3 is 0 Å². The van der Waals surface area contributed by atoms with Crippen molar-refractivity contribution >= 4 is 28.3 Å². The third kappa shape index (κ3) is 3.69. The molecular weight excluding hydrogens is 432 g/mol. The van der Waals surface area contributed by atoms with Crippen molar-refractivity contribution in [3.05, 3.63) is 119 Å². The van der Waals surface area contributed by atoms with E-state index in [1.54, 1.807) is 14.2 Å². The van der Waals surface area contributed by atoms with E-state index in [4.69, 9.17) is 14.5 Å². The Morgan fingerprint density at radius 2 is 1.20 bits per heavy atom. The van der Waals surface area contributed by atoms with E-state index in [0.29, 0.717) is 0 Å². The molecule has 0 saturated heterocycles. The fraction of sp³-hybridized carbons (Fsp3) is 0.0645. The van der Waals surface area contributed by atoms with Crippen molar-refractivity contribution in [1.29, 1.82) is 0 Å². The van der Waals surface area contributed by atoms with Crippen molar-refractivity contribution in [2.45, 2.75) is 0 Å². The molecule has 35 heavy (non-hydrogen) atoms. The lowest BCUT2D eigenvalue weighted by Crippen LogP contribution is -2.00. The van der Waals surface area contributed by atoms with E-state index in [1.807, 2.05) is 24.3 Å². The number of H-pyrrole nitrogens is 1. The first-order chi connectivity index (χ1) is 17.2. The number of rotatable bonds is 5. The fourth-order valence-corrected chi connectivity index (χ4v) is 4.67. The minimum Gasteiger partial charge on any atom is -0.497 e. The molecule has 0 unspecified atom stereocenters. The van der Waals surface area contributed by atoms with Gasteiger partial charge in [-0.2, -0.15) is 0 Å². The second kappa shape index (κ2) is 8.65. The van der Waals surface area contributed by atoms with Crippen LogP contribution in [0.15, 0.2) is 102 Å². The monoisotopic (exact) mass is 456 g/mol. The number of aromatic amines is 1. The number of nitrogens with zero attached hydrogens (tertiary/aromatic N) is 1. The quantitative estimate of drug-likeness (QED) is 0.304. The second-order valence-electron chi connectivity index (χ2n) is 8.45. The average molecular weight is 457 g/mol. The summed E-state index contributed by atoms with van der Waals surface area (Å²) in [6.07, 6.45) is 2.16. The molecule has 0 aliphatic carbocycles. The maximum Gasteiger partial charge on any atom is 0.118 e. The van der Waals surface area contributed by atoms with Crippen molar-refractivity contribution in [3.63, 3.8) is 0 Å². The standard InChI is InChI=1S/C31H24N2O2/c1-34-22-15-11-20(12-16-22)30-26-9-5-3-7-24(26)28(32-30)19-29-25-8-4-6-10-27(25)31(33-29)21-13-17-23(35-2)18-14-21/h3-19,32H,1-2H3/b29-19-. The van der Waals surface area contributed by atoms with Crippen LogP contribution in [0.5, 0.6) is 11.5 Å². The highest BCUT2D eigenvalue weighted by Gasteiger charge is 2.22. The van der Waals surface area contributed by atoms with Crippen LogP contribution in [0.3, 0.4) is 0 Å². The Morgan fingerprint density at radius 1 is 0.629 bits per heavy atom. The number of fused-ring (bicyclic) bond motifs is 2. The summed E-state index contributed by atoms with van der Waals surface area (Å²) in [5.41, 5.74) is 8.48. The van der Waals surface area contributed by atoms with Crippen molar-refractivity contribution in [1.82, 2.24) is 4.98 Å². The molecular formula is C31H24N2O2. The smallest absolute Gasteiger partial charge is 0.118 e. The first-order valence-electron chi connectivity index (χ1n) is 11.5. The number of hydrogen-bond acceptors (Lipinski definition) is 3. The van der Waals surface area contributed by atoms with E-state index in [2.05, 4.69) is 83.9 Å². The molecule has 0 amide bonds. The Kier molecular flexibility index (Phi) is 5.19. The van der Waals surface area contributed by atoms with Gasteiger partial charge in [0.15, 0.2) is 0 Å². The Labute approximate surface area is 204 Å². The molecule has 5 aromatic rings. The Bertz CT molecular complexity index is 1590. The zero-order chi connectivity index (χ0) is 23.8. The molecule has 0 fully saturated rings. The predicted octanol–water partition coefficient (Wildman–Crippen LogP) is 7.20. The molecule has 0 saturated carbocycles. The molecule has 4 aromatic carbocycles. The molecule has 1 N–H and O–H groups in total. The van der Waals surface area contributed by atoms with Crippen LogP contribution in [0, 0.1) is 0 Å². The van der Waals surface area contributed by atoms with Gasteiger partial charge in [0.05, 0.1) is 31.3 Å². The number of benzene rings is 4. The molecule has 6 rings (SSSR count). The molecule has 170 valence electrons. The molecule has 0 spiro atoms. The van der Waals surface area contributed by atoms with Crippen LogP contribution in [0.25, 0.3) is 33.8 Å². The molecule has 1 aromatic heterocycles. The normalized spacial score (nSPS) is 13.7. The van der Waals surface area contributed by atoms with E-state index in [1.165, 1.54) is 5.39 Å². The van der Waals surface area contributed by atoms with Crippen molar-refractivity contribution in [2.75, 3.05) is 14.2 Å². The SMILES string of the molecule is COc1ccc(C2=N/C(=C\c3[nH]c(-c4ccc(OC)cc4)c4ccccc34)c3ccccc32)cc1. The molecule has 1 aliphatic heterocycles. The van der Waals surface area contributed by atoms with Gasteiger partial charge in [-0.15, -0.1) is 0 Å². The highest BCUT2D eigenvalue weighted by molar-refractivity contribution is 6.22. The van der Waals surface area contributed by atoms with Crippen LogP contribution in [0.2, 0.25) is 0 Å². The number of methoxy groups -OCH3 is 2. The molecule has 4 heteroatoms. The molecule has 2 heterocycles. The highest BCUT2D eigenvalue weighted by Crippen LogP contribution is 2.37. The van der Waals surface area contributed by atoms with Crippen molar-refractivity contribution in [3.8, 4) is 22.8 Å². The third-order valence-electron chi connectivity index (χ3n) is 6.46. The summed E-state index contributed by atoms with van der Waals surface area (Å²) in [5, 5.41) is 2.34. The number of hydrogen-bond donors (Lipinski definition) is 1. The lowest BCUT2D eigenvalue weighted by atomic mass is 9.99. The first-order valence-corrected chi connectivity index (χ1v) is 11.5. The van der Waals surface area contributed by atoms with Gasteiger partial charge in [-0.05, 0) is 60.2 Å². The van der Waals surface area contributed by atoms with Crippen LogP contribution in [-0.2, 0) is 0 Å². The van der Waals surface area contributed by atoms with Gasteiger partial charge in [-0.1, -0.05) is 48.5 Å². The minimum atomic E-state index is 0.834. The maximum atomic E-state index is 5.34. The summed E-state index contributed by atoms with van der Waals surface area (Å²) >= 11 is 0. The summed E-state index contributed by atoms with van der Waals surface area (Å²) in [6.45, 7) is 0. The zero-order valence-electron chi connectivity index (χ0n) is 19.6. The van der Waals surface area contributed by atoms with E-state index in [-0.39, 0.29) is 0 Å². The zero-order valence-corrected chi connectivity index (χ0v) is 19.6. The van der Waals surface area contributed by atoms with E-state index in [0.717, 1.165) is 61.9 Å². The minimum absolute atomic E-state index is 0.834. The lowest BCUT2D eigenvalue weighted by Gasteiger charge is -2.04. The molecule has 4 nitrogen and oxygen atoms in total. The number of aliphatic imine (C=N–C) groups is 1. The largest absolute Gasteiger partial charge is 0.497 e. The number of aromatic nitrogens is 1. The highest BCUT2D eigenvalue weighted by atomic mass is 16.5. The maximum absolute atomic E-state index is 5.34. The predicted molar refractivity (Wildman–Crippen MR) is 143 cm³/mol. The molecule has 1 aliphatic rings. The molecule has 0 bridgehead atoms. The Morgan fingerprint density at radius 3 is 1.86 bits per heavy atom. The Balaban J connectivity index is 1.49. The van der Waals surface area contributed by atoms with Crippen LogP contribution in [0.4, 0.5) is 0 Å². The van der Waals surface area contributed by atoms with Crippen molar-refractivity contribution in [2.24, 2.45) is 4.99 Å². The Hall–Kier alpha value is -4.57. The number of nitrogens with one attached hydrogen (secondary N) is 1. The van der Waals surface area contributed by atoms with Gasteiger partial charge in [-0.3, -0.25) is 0 Å². The second-order valence-corrected chi connectivity index (χ2v) is 8.45. The fourth-order valence-electron chi connectivity index (χ4n) is 4.67. The van der Waals surface area contributed by atoms with E-state index < -0.39 is 0 Å². The summed E-state index contributed by atoms with van der Waals surface area (Å²) < 4.78 is 10.7. The molecule has 0 atom stereocenters. The van der Waals surface area contributed by atoms with Gasteiger partial charge in [0.2, 0.25) is 0 Å². The summed E-state index contributed by atoms with van der Waals surface area (Å²) in [5.74, 6) is 1.68. The molecule has 0 radical (unpaired) electrons. The number of ether oxygens (including phenoxy) is 2. The van der Waals surface area contributed by atoms with Gasteiger partial charge in [0.25, 0.3) is 0 Å². The first kappa shape index (κ1) is 21.0. The van der Waals surface area contributed by atoms with Gasteiger partial charge in [0, 0.05) is 33.2 Å². The van der Waals surface area contributed by atoms with E-state index in [9.17, 15) is 0 Å². The lowest BCUT2D eigenvalue weighted by molar-refractivity contribution is 0.414. The van der Waals surface area contributed by atoms with Crippen LogP contribution >= 0.6 is 0 Å².